The van der Waals surface area contributed by atoms with Crippen molar-refractivity contribution in [2.75, 3.05) is 6.54 Å². The molecule has 4 heteroatoms. The highest BCUT2D eigenvalue weighted by Crippen LogP contribution is 2.14. The van der Waals surface area contributed by atoms with Crippen molar-refractivity contribution < 1.29 is 13.2 Å². The second-order valence-electron chi connectivity index (χ2n) is 2.78. The lowest BCUT2D eigenvalue weighted by atomic mass is 10.2. The fourth-order valence-electron chi connectivity index (χ4n) is 0.987. The summed E-state index contributed by atoms with van der Waals surface area (Å²) in [6, 6.07) is 1.87. The molecule has 0 bridgehead atoms. The summed E-state index contributed by atoms with van der Waals surface area (Å²) in [7, 11) is 0. The molecule has 76 valence electrons. The molecule has 0 saturated carbocycles. The highest BCUT2D eigenvalue weighted by Gasteiger charge is 2.08. The number of hydrogen-bond donors (Lipinski definition) is 1. The van der Waals surface area contributed by atoms with Gasteiger partial charge in [0.2, 0.25) is 0 Å². The van der Waals surface area contributed by atoms with Gasteiger partial charge in [0.15, 0.2) is 17.5 Å². The van der Waals surface area contributed by atoms with Crippen molar-refractivity contribution in [1.29, 1.82) is 0 Å². The molecule has 1 rings (SSSR count). The molecule has 0 aromatic heterocycles. The minimum absolute atomic E-state index is 0.287. The Morgan fingerprint density at radius 1 is 1.14 bits per heavy atom. The summed E-state index contributed by atoms with van der Waals surface area (Å²) in [4.78, 5) is 0. The van der Waals surface area contributed by atoms with E-state index in [4.69, 9.17) is 5.73 Å². The first-order chi connectivity index (χ1) is 6.65. The third kappa shape index (κ3) is 2.60. The van der Waals surface area contributed by atoms with E-state index in [-0.39, 0.29) is 5.56 Å². The molecule has 1 aromatic rings. The van der Waals surface area contributed by atoms with E-state index in [9.17, 15) is 13.2 Å². The number of halogens is 3. The summed E-state index contributed by atoms with van der Waals surface area (Å²) in [5.41, 5.74) is 5.50. The minimum Gasteiger partial charge on any atom is -0.330 e. The van der Waals surface area contributed by atoms with Gasteiger partial charge in [-0.3, -0.25) is 0 Å². The normalized spacial score (nSPS) is 11.1. The van der Waals surface area contributed by atoms with Crippen LogP contribution in [0.2, 0.25) is 0 Å². The van der Waals surface area contributed by atoms with Gasteiger partial charge in [0.25, 0.3) is 0 Å². The van der Waals surface area contributed by atoms with E-state index in [1.165, 1.54) is 6.08 Å². The summed E-state index contributed by atoms with van der Waals surface area (Å²) in [5.74, 6) is -3.81. The fraction of sp³-hybridized carbons (Fsp3) is 0.200. The second-order valence-corrected chi connectivity index (χ2v) is 2.78. The first-order valence-corrected chi connectivity index (χ1v) is 4.16. The summed E-state index contributed by atoms with van der Waals surface area (Å²) < 4.78 is 37.9. The lowest BCUT2D eigenvalue weighted by Gasteiger charge is -1.97. The van der Waals surface area contributed by atoms with Gasteiger partial charge in [-0.05, 0) is 30.7 Å². The van der Waals surface area contributed by atoms with Crippen LogP contribution in [-0.2, 0) is 0 Å². The quantitative estimate of drug-likeness (QED) is 0.747. The van der Waals surface area contributed by atoms with E-state index < -0.39 is 17.5 Å². The van der Waals surface area contributed by atoms with Gasteiger partial charge in [-0.1, -0.05) is 12.2 Å². The van der Waals surface area contributed by atoms with Gasteiger partial charge in [0.05, 0.1) is 0 Å². The molecule has 0 aliphatic rings. The van der Waals surface area contributed by atoms with E-state index >= 15 is 0 Å². The van der Waals surface area contributed by atoms with Crippen LogP contribution >= 0.6 is 0 Å². The molecule has 14 heavy (non-hydrogen) atoms. The van der Waals surface area contributed by atoms with Crippen molar-refractivity contribution in [3.63, 3.8) is 0 Å². The zero-order chi connectivity index (χ0) is 10.6. The Morgan fingerprint density at radius 2 is 1.71 bits per heavy atom. The largest absolute Gasteiger partial charge is 0.330 e. The van der Waals surface area contributed by atoms with Gasteiger partial charge in [-0.15, -0.1) is 0 Å². The Bertz CT molecular complexity index is 324. The Hall–Kier alpha value is -1.29. The molecule has 1 nitrogen and oxygen atoms in total. The maximum Gasteiger partial charge on any atom is 0.194 e. The zero-order valence-corrected chi connectivity index (χ0v) is 7.43. The summed E-state index contributed by atoms with van der Waals surface area (Å²) >= 11 is 0. The molecule has 0 radical (unpaired) electrons. The molecule has 0 saturated heterocycles. The fourth-order valence-corrected chi connectivity index (χ4v) is 0.987. The highest BCUT2D eigenvalue weighted by molar-refractivity contribution is 5.49. The molecule has 0 atom stereocenters. The molecule has 2 N–H and O–H groups in total. The molecule has 0 unspecified atom stereocenters. The third-order valence-corrected chi connectivity index (χ3v) is 1.65. The molecule has 1 aromatic carbocycles. The van der Waals surface area contributed by atoms with Crippen molar-refractivity contribution in [3.8, 4) is 0 Å². The molecular weight excluding hydrogens is 191 g/mol. The van der Waals surface area contributed by atoms with E-state index in [0.29, 0.717) is 13.0 Å². The summed E-state index contributed by atoms with van der Waals surface area (Å²) in [6.45, 7) is 0.461. The standard InChI is InChI=1S/C10H10F3N/c11-8-5-7(3-1-2-4-14)6-9(12)10(8)13/h1,3,5-6H,2,4,14H2. The van der Waals surface area contributed by atoms with Gasteiger partial charge in [-0.2, -0.15) is 0 Å². The van der Waals surface area contributed by atoms with Crippen molar-refractivity contribution in [3.05, 3.63) is 41.2 Å². The monoisotopic (exact) mass is 201 g/mol. The predicted octanol–water partition coefficient (Wildman–Crippen LogP) is 2.47. The van der Waals surface area contributed by atoms with Crippen LogP contribution in [0, 0.1) is 17.5 Å². The minimum atomic E-state index is -1.44. The van der Waals surface area contributed by atoms with Crippen molar-refractivity contribution in [2.45, 2.75) is 6.42 Å². The zero-order valence-electron chi connectivity index (χ0n) is 7.43. The number of rotatable bonds is 3. The van der Waals surface area contributed by atoms with E-state index in [1.807, 2.05) is 0 Å². The topological polar surface area (TPSA) is 26.0 Å². The van der Waals surface area contributed by atoms with Gasteiger partial charge in [-0.25, -0.2) is 13.2 Å². The molecule has 0 aliphatic heterocycles. The van der Waals surface area contributed by atoms with Crippen molar-refractivity contribution >= 4 is 6.08 Å². The Kier molecular flexibility index (Phi) is 3.71. The average Bonchev–Trinajstić information content (AvgIpc) is 2.14. The second kappa shape index (κ2) is 4.81. The lowest BCUT2D eigenvalue weighted by molar-refractivity contribution is 0.447. The van der Waals surface area contributed by atoms with E-state index in [2.05, 4.69) is 0 Å². The number of nitrogens with two attached hydrogens (primary N) is 1. The molecule has 0 aliphatic carbocycles. The first-order valence-electron chi connectivity index (χ1n) is 4.16. The predicted molar refractivity (Wildman–Crippen MR) is 49.0 cm³/mol. The molecule has 0 amide bonds. The third-order valence-electron chi connectivity index (χ3n) is 1.65. The number of benzene rings is 1. The smallest absolute Gasteiger partial charge is 0.194 e. The van der Waals surface area contributed by atoms with Crippen LogP contribution in [0.4, 0.5) is 13.2 Å². The van der Waals surface area contributed by atoms with Crippen LogP contribution in [-0.4, -0.2) is 6.54 Å². The summed E-state index contributed by atoms with van der Waals surface area (Å²) in [5, 5.41) is 0. The molecule has 0 spiro atoms. The van der Waals surface area contributed by atoms with Crippen LogP contribution in [0.5, 0.6) is 0 Å². The molecule has 0 heterocycles. The van der Waals surface area contributed by atoms with Gasteiger partial charge >= 0.3 is 0 Å². The van der Waals surface area contributed by atoms with Crippen LogP contribution in [0.3, 0.4) is 0 Å². The highest BCUT2D eigenvalue weighted by atomic mass is 19.2. The van der Waals surface area contributed by atoms with E-state index in [0.717, 1.165) is 12.1 Å². The average molecular weight is 201 g/mol. The first kappa shape index (κ1) is 10.8. The van der Waals surface area contributed by atoms with Crippen LogP contribution in [0.25, 0.3) is 6.08 Å². The van der Waals surface area contributed by atoms with Crippen molar-refractivity contribution in [1.82, 2.24) is 0 Å². The SMILES string of the molecule is NCCC=Cc1cc(F)c(F)c(F)c1. The lowest BCUT2D eigenvalue weighted by Crippen LogP contribution is -1.95. The molecular formula is C10H10F3N. The number of hydrogen-bond acceptors (Lipinski definition) is 1. The Balaban J connectivity index is 2.89. The van der Waals surface area contributed by atoms with E-state index in [1.54, 1.807) is 6.08 Å². The van der Waals surface area contributed by atoms with Crippen LogP contribution < -0.4 is 5.73 Å². The Morgan fingerprint density at radius 3 is 2.21 bits per heavy atom. The van der Waals surface area contributed by atoms with Gasteiger partial charge in [0.1, 0.15) is 0 Å². The maximum absolute atomic E-state index is 12.7. The molecule has 0 fully saturated rings. The maximum atomic E-state index is 12.7. The van der Waals surface area contributed by atoms with Crippen molar-refractivity contribution in [2.24, 2.45) is 5.73 Å². The van der Waals surface area contributed by atoms with Crippen LogP contribution in [0.15, 0.2) is 18.2 Å². The van der Waals surface area contributed by atoms with Gasteiger partial charge in [0, 0.05) is 0 Å². The van der Waals surface area contributed by atoms with Gasteiger partial charge < -0.3 is 5.73 Å². The Labute approximate surface area is 80.0 Å². The van der Waals surface area contributed by atoms with Crippen LogP contribution in [0.1, 0.15) is 12.0 Å². The summed E-state index contributed by atoms with van der Waals surface area (Å²) in [6.07, 6.45) is 3.78.